The Morgan fingerprint density at radius 3 is 2.43 bits per heavy atom. The molecule has 1 aromatic carbocycles. The molecule has 1 aromatic heterocycles. The molecule has 0 aliphatic rings. The average molecular weight is 432 g/mol. The zero-order valence-corrected chi connectivity index (χ0v) is 17.6. The Kier molecular flexibility index (Phi) is 8.29. The Morgan fingerprint density at radius 2 is 1.83 bits per heavy atom. The molecule has 0 saturated carbocycles. The summed E-state index contributed by atoms with van der Waals surface area (Å²) in [5, 5.41) is 8.19. The highest BCUT2D eigenvalue weighted by molar-refractivity contribution is 7.17. The van der Waals surface area contributed by atoms with Gasteiger partial charge in [-0.1, -0.05) is 23.5 Å². The van der Waals surface area contributed by atoms with Gasteiger partial charge in [0, 0.05) is 26.9 Å². The van der Waals surface area contributed by atoms with Crippen LogP contribution in [0.3, 0.4) is 0 Å². The molecular weight excluding hydrogens is 406 g/mol. The van der Waals surface area contributed by atoms with E-state index < -0.39 is 0 Å². The van der Waals surface area contributed by atoms with Crippen LogP contribution >= 0.6 is 11.3 Å². The lowest BCUT2D eigenvalue weighted by atomic mass is 10.1. The van der Waals surface area contributed by atoms with Crippen molar-refractivity contribution in [3.63, 3.8) is 0 Å². The summed E-state index contributed by atoms with van der Waals surface area (Å²) in [6.07, 6.45) is 1.30. The number of guanidine groups is 1. The summed E-state index contributed by atoms with van der Waals surface area (Å²) in [5.74, 6) is -0.769. The summed E-state index contributed by atoms with van der Waals surface area (Å²) in [7, 11) is 1.54. The molecule has 7 N–H and O–H groups in total. The maximum Gasteiger partial charge on any atom is 0.263 e. The van der Waals surface area contributed by atoms with Gasteiger partial charge in [0.1, 0.15) is 4.88 Å². The Labute approximate surface area is 178 Å². The van der Waals surface area contributed by atoms with Crippen molar-refractivity contribution < 1.29 is 14.4 Å². The third-order valence-corrected chi connectivity index (χ3v) is 4.96. The molecule has 11 heteroatoms. The Balaban J connectivity index is 2.09. The molecule has 30 heavy (non-hydrogen) atoms. The maximum absolute atomic E-state index is 12.6. The minimum atomic E-state index is -0.328. The van der Waals surface area contributed by atoms with Crippen molar-refractivity contribution in [3.8, 4) is 0 Å². The topological polar surface area (TPSA) is 165 Å². The van der Waals surface area contributed by atoms with Gasteiger partial charge in [-0.15, -0.1) is 0 Å². The zero-order valence-electron chi connectivity index (χ0n) is 16.8. The number of carbonyl (C=O) groups is 3. The van der Waals surface area contributed by atoms with Gasteiger partial charge >= 0.3 is 0 Å². The Bertz CT molecular complexity index is 934. The van der Waals surface area contributed by atoms with Crippen LogP contribution in [0.15, 0.2) is 29.3 Å². The van der Waals surface area contributed by atoms with E-state index in [1.807, 2.05) is 12.1 Å². The van der Waals surface area contributed by atoms with E-state index >= 15 is 0 Å². The van der Waals surface area contributed by atoms with Crippen LogP contribution in [0.2, 0.25) is 0 Å². The molecule has 2 rings (SSSR count). The quantitative estimate of drug-likeness (QED) is 0.289. The van der Waals surface area contributed by atoms with Gasteiger partial charge in [-0.05, 0) is 30.5 Å². The normalized spacial score (nSPS) is 10.2. The second-order valence-electron chi connectivity index (χ2n) is 6.36. The van der Waals surface area contributed by atoms with Gasteiger partial charge in [0.15, 0.2) is 11.1 Å². The number of aryl methyl sites for hydroxylation is 2. The molecule has 0 atom stereocenters. The first kappa shape index (κ1) is 22.8. The second kappa shape index (κ2) is 10.9. The summed E-state index contributed by atoms with van der Waals surface area (Å²) in [6.45, 7) is 1.58. The van der Waals surface area contributed by atoms with Gasteiger partial charge in [0.2, 0.25) is 11.8 Å². The Hall–Kier alpha value is -3.47. The van der Waals surface area contributed by atoms with E-state index in [-0.39, 0.29) is 36.6 Å². The molecule has 1 heterocycles. The number of nitrogens with two attached hydrogens (primary N) is 2. The van der Waals surface area contributed by atoms with Gasteiger partial charge in [-0.2, -0.15) is 0 Å². The highest BCUT2D eigenvalue weighted by Crippen LogP contribution is 2.25. The average Bonchev–Trinajstić information content (AvgIpc) is 3.08. The predicted molar refractivity (Wildman–Crippen MR) is 117 cm³/mol. The summed E-state index contributed by atoms with van der Waals surface area (Å²) >= 11 is 1.10. The van der Waals surface area contributed by atoms with Crippen molar-refractivity contribution in [3.05, 3.63) is 40.4 Å². The van der Waals surface area contributed by atoms with E-state index in [1.54, 1.807) is 12.1 Å². The van der Waals surface area contributed by atoms with Crippen LogP contribution in [0, 0.1) is 0 Å². The van der Waals surface area contributed by atoms with Crippen molar-refractivity contribution in [2.24, 2.45) is 16.5 Å². The molecule has 0 aliphatic carbocycles. The van der Waals surface area contributed by atoms with Gasteiger partial charge in [-0.25, -0.2) is 9.98 Å². The first-order valence-electron chi connectivity index (χ1n) is 9.23. The number of amides is 3. The van der Waals surface area contributed by atoms with E-state index in [0.29, 0.717) is 34.2 Å². The van der Waals surface area contributed by atoms with Crippen LogP contribution in [0.25, 0.3) is 0 Å². The highest BCUT2D eigenvalue weighted by atomic mass is 32.1. The monoisotopic (exact) mass is 431 g/mol. The molecule has 0 radical (unpaired) electrons. The van der Waals surface area contributed by atoms with Crippen LogP contribution in [-0.4, -0.2) is 42.3 Å². The highest BCUT2D eigenvalue weighted by Gasteiger charge is 2.18. The van der Waals surface area contributed by atoms with Crippen LogP contribution in [0.1, 0.15) is 34.3 Å². The predicted octanol–water partition coefficient (Wildman–Crippen LogP) is 0.658. The standard InChI is InChI=1S/C19H25N7O3S/c1-11(27)24-19-26-14(16(30-19)17(29)23-10-9-15(28)22-2)8-5-12-3-6-13(7-4-12)25-18(20)21/h3-4,6-7H,5,8-10H2,1-2H3,(H,22,28)(H,23,29)(H4,20,21,25)(H,24,26,27). The number of nitrogens with one attached hydrogen (secondary N) is 3. The number of carbonyl (C=O) groups excluding carboxylic acids is 3. The van der Waals surface area contributed by atoms with Crippen molar-refractivity contribution in [2.75, 3.05) is 18.9 Å². The molecule has 2 aromatic rings. The lowest BCUT2D eigenvalue weighted by molar-refractivity contribution is -0.120. The molecule has 0 spiro atoms. The van der Waals surface area contributed by atoms with E-state index in [4.69, 9.17) is 11.5 Å². The van der Waals surface area contributed by atoms with E-state index in [9.17, 15) is 14.4 Å². The van der Waals surface area contributed by atoms with Crippen molar-refractivity contribution in [2.45, 2.75) is 26.2 Å². The maximum atomic E-state index is 12.6. The number of hydrogen-bond donors (Lipinski definition) is 5. The van der Waals surface area contributed by atoms with Crippen LogP contribution in [0.5, 0.6) is 0 Å². The first-order chi connectivity index (χ1) is 14.3. The molecule has 10 nitrogen and oxygen atoms in total. The second-order valence-corrected chi connectivity index (χ2v) is 7.36. The fourth-order valence-corrected chi connectivity index (χ4v) is 3.52. The third kappa shape index (κ3) is 7.17. The van der Waals surface area contributed by atoms with Gasteiger partial charge in [-0.3, -0.25) is 14.4 Å². The molecular formula is C19H25N7O3S. The SMILES string of the molecule is CNC(=O)CCNC(=O)c1sc(NC(C)=O)nc1CCc1ccc(N=C(N)N)cc1. The summed E-state index contributed by atoms with van der Waals surface area (Å²) in [5.41, 5.74) is 13.0. The van der Waals surface area contributed by atoms with E-state index in [2.05, 4.69) is 25.9 Å². The molecule has 0 saturated heterocycles. The lowest BCUT2D eigenvalue weighted by Gasteiger charge is -2.05. The van der Waals surface area contributed by atoms with E-state index in [0.717, 1.165) is 16.9 Å². The summed E-state index contributed by atoms with van der Waals surface area (Å²) in [6, 6.07) is 7.38. The molecule has 0 fully saturated rings. The number of aromatic nitrogens is 1. The van der Waals surface area contributed by atoms with Crippen molar-refractivity contribution >= 4 is 45.8 Å². The largest absolute Gasteiger partial charge is 0.370 e. The Morgan fingerprint density at radius 1 is 1.13 bits per heavy atom. The van der Waals surface area contributed by atoms with Crippen LogP contribution in [-0.2, 0) is 22.4 Å². The molecule has 160 valence electrons. The van der Waals surface area contributed by atoms with Crippen LogP contribution < -0.4 is 27.4 Å². The molecule has 0 bridgehead atoms. The fourth-order valence-electron chi connectivity index (χ4n) is 2.55. The number of rotatable bonds is 9. The molecule has 3 amide bonds. The number of benzene rings is 1. The van der Waals surface area contributed by atoms with Crippen LogP contribution in [0.4, 0.5) is 10.8 Å². The smallest absolute Gasteiger partial charge is 0.263 e. The third-order valence-electron chi connectivity index (χ3n) is 3.95. The van der Waals surface area contributed by atoms with E-state index in [1.165, 1.54) is 14.0 Å². The minimum absolute atomic E-state index is 0.0113. The number of nitrogens with zero attached hydrogens (tertiary/aromatic N) is 2. The number of anilines is 1. The number of thiazole rings is 1. The fraction of sp³-hybridized carbons (Fsp3) is 0.316. The minimum Gasteiger partial charge on any atom is -0.370 e. The van der Waals surface area contributed by atoms with Crippen molar-refractivity contribution in [1.29, 1.82) is 0 Å². The van der Waals surface area contributed by atoms with Gasteiger partial charge in [0.25, 0.3) is 5.91 Å². The molecule has 0 unspecified atom stereocenters. The zero-order chi connectivity index (χ0) is 22.1. The van der Waals surface area contributed by atoms with Gasteiger partial charge in [0.05, 0.1) is 11.4 Å². The summed E-state index contributed by atoms with van der Waals surface area (Å²) in [4.78, 5) is 44.0. The first-order valence-corrected chi connectivity index (χ1v) is 10.0. The number of aliphatic imine (C=N–C) groups is 1. The van der Waals surface area contributed by atoms with Crippen molar-refractivity contribution in [1.82, 2.24) is 15.6 Å². The molecule has 0 aliphatic heterocycles. The van der Waals surface area contributed by atoms with Gasteiger partial charge < -0.3 is 27.4 Å². The lowest BCUT2D eigenvalue weighted by Crippen LogP contribution is -2.29. The summed E-state index contributed by atoms with van der Waals surface area (Å²) < 4.78 is 0. The number of hydrogen-bond acceptors (Lipinski definition) is 6.